The lowest BCUT2D eigenvalue weighted by Gasteiger charge is -2.17. The molecular weight excluding hydrogens is 234 g/mol. The molecule has 3 nitrogen and oxygen atoms in total. The Hall–Kier alpha value is -1.35. The van der Waals surface area contributed by atoms with Crippen LogP contribution in [-0.2, 0) is 6.54 Å². The molecule has 1 N–H and O–H groups in total. The van der Waals surface area contributed by atoms with Crippen molar-refractivity contribution in [3.63, 3.8) is 0 Å². The summed E-state index contributed by atoms with van der Waals surface area (Å²) in [5, 5.41) is 3.56. The number of hydrogen-bond acceptors (Lipinski definition) is 2. The van der Waals surface area contributed by atoms with E-state index in [4.69, 9.17) is 0 Å². The molecule has 1 aromatic carbocycles. The molecule has 0 saturated heterocycles. The van der Waals surface area contributed by atoms with Crippen molar-refractivity contribution in [3.8, 4) is 0 Å². The lowest BCUT2D eigenvalue weighted by atomic mass is 10.1. The predicted octanol–water partition coefficient (Wildman–Crippen LogP) is 3.29. The third-order valence-electron chi connectivity index (χ3n) is 4.06. The molecule has 0 aliphatic carbocycles. The fourth-order valence-corrected chi connectivity index (χ4v) is 2.14. The summed E-state index contributed by atoms with van der Waals surface area (Å²) >= 11 is 0. The van der Waals surface area contributed by atoms with E-state index in [1.54, 1.807) is 0 Å². The summed E-state index contributed by atoms with van der Waals surface area (Å²) in [7, 11) is 0. The molecule has 0 aliphatic heterocycles. The number of imidazole rings is 1. The minimum Gasteiger partial charge on any atom is -0.329 e. The molecule has 0 aliphatic rings. The van der Waals surface area contributed by atoms with Gasteiger partial charge < -0.3 is 9.88 Å². The molecule has 1 atom stereocenters. The molecule has 104 valence electrons. The first-order valence-electron chi connectivity index (χ1n) is 7.14. The molecule has 3 heteroatoms. The Morgan fingerprint density at radius 1 is 1.16 bits per heavy atom. The molecule has 1 unspecified atom stereocenters. The van der Waals surface area contributed by atoms with Crippen molar-refractivity contribution in [1.29, 1.82) is 0 Å². The SMILES string of the molecule is Cc1cc2ncn(CCNC(C)C(C)C)c2cc1C. The van der Waals surface area contributed by atoms with Crippen LogP contribution in [0, 0.1) is 19.8 Å². The topological polar surface area (TPSA) is 29.9 Å². The molecule has 0 bridgehead atoms. The van der Waals surface area contributed by atoms with E-state index in [0.29, 0.717) is 12.0 Å². The van der Waals surface area contributed by atoms with Gasteiger partial charge in [-0.25, -0.2) is 4.98 Å². The molecule has 2 rings (SSSR count). The summed E-state index contributed by atoms with van der Waals surface area (Å²) in [6.07, 6.45) is 1.95. The Kier molecular flexibility index (Phi) is 4.25. The van der Waals surface area contributed by atoms with Crippen LogP contribution in [0.3, 0.4) is 0 Å². The van der Waals surface area contributed by atoms with Crippen LogP contribution in [0.5, 0.6) is 0 Å². The van der Waals surface area contributed by atoms with Crippen LogP contribution in [0.25, 0.3) is 11.0 Å². The van der Waals surface area contributed by atoms with E-state index in [1.165, 1.54) is 16.6 Å². The monoisotopic (exact) mass is 259 g/mol. The van der Waals surface area contributed by atoms with Crippen LogP contribution in [0.1, 0.15) is 31.9 Å². The van der Waals surface area contributed by atoms with Gasteiger partial charge in [0.15, 0.2) is 0 Å². The second-order valence-corrected chi connectivity index (χ2v) is 5.85. The van der Waals surface area contributed by atoms with Gasteiger partial charge in [-0.3, -0.25) is 0 Å². The zero-order valence-corrected chi connectivity index (χ0v) is 12.7. The number of fused-ring (bicyclic) bond motifs is 1. The van der Waals surface area contributed by atoms with Gasteiger partial charge in [-0.15, -0.1) is 0 Å². The van der Waals surface area contributed by atoms with E-state index >= 15 is 0 Å². The molecule has 0 fully saturated rings. The number of benzene rings is 1. The Labute approximate surface area is 116 Å². The Bertz CT molecular complexity index is 554. The zero-order valence-electron chi connectivity index (χ0n) is 12.7. The second kappa shape index (κ2) is 5.74. The van der Waals surface area contributed by atoms with Gasteiger partial charge in [-0.05, 0) is 49.9 Å². The van der Waals surface area contributed by atoms with E-state index < -0.39 is 0 Å². The van der Waals surface area contributed by atoms with Gasteiger partial charge in [-0.2, -0.15) is 0 Å². The summed E-state index contributed by atoms with van der Waals surface area (Å²) in [5.74, 6) is 0.671. The van der Waals surface area contributed by atoms with Gasteiger partial charge in [0, 0.05) is 19.1 Å². The average molecular weight is 259 g/mol. The van der Waals surface area contributed by atoms with Crippen molar-refractivity contribution in [2.45, 2.75) is 47.2 Å². The summed E-state index contributed by atoms with van der Waals surface area (Å²) < 4.78 is 2.24. The summed E-state index contributed by atoms with van der Waals surface area (Å²) in [5.41, 5.74) is 4.98. The molecule has 0 spiro atoms. The quantitative estimate of drug-likeness (QED) is 0.893. The third kappa shape index (κ3) is 3.16. The van der Waals surface area contributed by atoms with Crippen molar-refractivity contribution in [3.05, 3.63) is 29.6 Å². The first kappa shape index (κ1) is 14.1. The van der Waals surface area contributed by atoms with Crippen molar-refractivity contribution in [1.82, 2.24) is 14.9 Å². The van der Waals surface area contributed by atoms with Crippen molar-refractivity contribution < 1.29 is 0 Å². The van der Waals surface area contributed by atoms with Crippen LogP contribution >= 0.6 is 0 Å². The van der Waals surface area contributed by atoms with E-state index in [-0.39, 0.29) is 0 Å². The Balaban J connectivity index is 2.07. The molecule has 2 aromatic rings. The number of hydrogen-bond donors (Lipinski definition) is 1. The number of nitrogens with one attached hydrogen (secondary N) is 1. The molecule has 1 heterocycles. The summed E-state index contributed by atoms with van der Waals surface area (Å²) in [4.78, 5) is 4.49. The minimum atomic E-state index is 0.554. The van der Waals surface area contributed by atoms with E-state index in [0.717, 1.165) is 18.6 Å². The Morgan fingerprint density at radius 3 is 2.53 bits per heavy atom. The highest BCUT2D eigenvalue weighted by Gasteiger charge is 2.07. The summed E-state index contributed by atoms with van der Waals surface area (Å²) in [6.45, 7) is 13.0. The molecule has 1 aromatic heterocycles. The average Bonchev–Trinajstić information content (AvgIpc) is 2.72. The third-order valence-corrected chi connectivity index (χ3v) is 4.06. The largest absolute Gasteiger partial charge is 0.329 e. The highest BCUT2D eigenvalue weighted by atomic mass is 15.1. The van der Waals surface area contributed by atoms with Crippen LogP contribution in [0.2, 0.25) is 0 Å². The number of rotatable bonds is 5. The van der Waals surface area contributed by atoms with Crippen LogP contribution in [0.4, 0.5) is 0 Å². The van der Waals surface area contributed by atoms with Gasteiger partial charge in [0.25, 0.3) is 0 Å². The van der Waals surface area contributed by atoms with Gasteiger partial charge >= 0.3 is 0 Å². The van der Waals surface area contributed by atoms with E-state index in [1.807, 2.05) is 6.33 Å². The lowest BCUT2D eigenvalue weighted by molar-refractivity contribution is 0.418. The normalized spacial score (nSPS) is 13.4. The van der Waals surface area contributed by atoms with Gasteiger partial charge in [0.2, 0.25) is 0 Å². The van der Waals surface area contributed by atoms with Crippen LogP contribution in [-0.4, -0.2) is 22.1 Å². The van der Waals surface area contributed by atoms with Gasteiger partial charge in [-0.1, -0.05) is 13.8 Å². The molecule has 19 heavy (non-hydrogen) atoms. The maximum Gasteiger partial charge on any atom is 0.0958 e. The lowest BCUT2D eigenvalue weighted by Crippen LogP contribution is -2.33. The molecule has 0 amide bonds. The van der Waals surface area contributed by atoms with Crippen LogP contribution < -0.4 is 5.32 Å². The van der Waals surface area contributed by atoms with Crippen molar-refractivity contribution in [2.24, 2.45) is 5.92 Å². The Morgan fingerprint density at radius 2 is 1.84 bits per heavy atom. The maximum atomic E-state index is 4.49. The second-order valence-electron chi connectivity index (χ2n) is 5.85. The number of aromatic nitrogens is 2. The maximum absolute atomic E-state index is 4.49. The zero-order chi connectivity index (χ0) is 14.0. The fourth-order valence-electron chi connectivity index (χ4n) is 2.14. The molecule has 0 radical (unpaired) electrons. The van der Waals surface area contributed by atoms with Gasteiger partial charge in [0.05, 0.1) is 17.4 Å². The molecular formula is C16H25N3. The number of aryl methyl sites for hydroxylation is 2. The standard InChI is InChI=1S/C16H25N3/c1-11(2)14(5)17-6-7-19-10-18-15-8-12(3)13(4)9-16(15)19/h8-11,14,17H,6-7H2,1-5H3. The van der Waals surface area contributed by atoms with E-state index in [9.17, 15) is 0 Å². The highest BCUT2D eigenvalue weighted by Crippen LogP contribution is 2.18. The van der Waals surface area contributed by atoms with E-state index in [2.05, 4.69) is 61.6 Å². The summed E-state index contributed by atoms with van der Waals surface area (Å²) in [6, 6.07) is 4.97. The fraction of sp³-hybridized carbons (Fsp3) is 0.562. The highest BCUT2D eigenvalue weighted by molar-refractivity contribution is 5.77. The minimum absolute atomic E-state index is 0.554. The molecule has 0 saturated carbocycles. The first-order chi connectivity index (χ1) is 8.99. The van der Waals surface area contributed by atoms with Gasteiger partial charge in [0.1, 0.15) is 0 Å². The van der Waals surface area contributed by atoms with Crippen molar-refractivity contribution in [2.75, 3.05) is 6.54 Å². The first-order valence-corrected chi connectivity index (χ1v) is 7.14. The van der Waals surface area contributed by atoms with Crippen LogP contribution in [0.15, 0.2) is 18.5 Å². The predicted molar refractivity (Wildman–Crippen MR) is 81.5 cm³/mol. The number of nitrogens with zero attached hydrogens (tertiary/aromatic N) is 2. The van der Waals surface area contributed by atoms with Crippen molar-refractivity contribution >= 4 is 11.0 Å². The smallest absolute Gasteiger partial charge is 0.0958 e.